The quantitative estimate of drug-likeness (QED) is 0.654. The van der Waals surface area contributed by atoms with Gasteiger partial charge in [0.25, 0.3) is 0 Å². The molecule has 0 saturated heterocycles. The number of aromatic nitrogens is 1. The third kappa shape index (κ3) is 2.18. The molecule has 1 aromatic rings. The van der Waals surface area contributed by atoms with Crippen molar-refractivity contribution < 1.29 is 20.4 Å². The zero-order valence-electron chi connectivity index (χ0n) is 3.81. The van der Waals surface area contributed by atoms with Gasteiger partial charge < -0.3 is 16.3 Å². The molecular formula is C4H4NReS-. The topological polar surface area (TPSA) is 12.9 Å². The van der Waals surface area contributed by atoms with Crippen molar-refractivity contribution in [3.8, 4) is 0 Å². The smallest absolute Gasteiger partial charge is 0 e. The van der Waals surface area contributed by atoms with Gasteiger partial charge in [-0.25, -0.2) is 0 Å². The van der Waals surface area contributed by atoms with Gasteiger partial charge in [0.1, 0.15) is 0 Å². The van der Waals surface area contributed by atoms with E-state index in [2.05, 4.69) is 10.4 Å². The van der Waals surface area contributed by atoms with E-state index in [0.29, 0.717) is 0 Å². The van der Waals surface area contributed by atoms with Gasteiger partial charge in [-0.1, -0.05) is 18.1 Å². The SMILES string of the molecule is Cc1nc[c-]s1.[Re]. The molecule has 1 rings (SSSR count). The predicted octanol–water partition coefficient (Wildman–Crippen LogP) is 1.25. The molecule has 0 aliphatic carbocycles. The molecule has 39 valence electrons. The van der Waals surface area contributed by atoms with E-state index in [4.69, 9.17) is 0 Å². The maximum atomic E-state index is 3.88. The van der Waals surface area contributed by atoms with Crippen LogP contribution in [0, 0.1) is 12.3 Å². The van der Waals surface area contributed by atoms with Crippen LogP contribution < -0.4 is 0 Å². The van der Waals surface area contributed by atoms with E-state index in [1.165, 1.54) is 0 Å². The fourth-order valence-corrected chi connectivity index (χ4v) is 0.637. The number of hydrogen-bond donors (Lipinski definition) is 0. The molecule has 0 spiro atoms. The van der Waals surface area contributed by atoms with Crippen molar-refractivity contribution >= 4 is 11.3 Å². The van der Waals surface area contributed by atoms with Gasteiger partial charge in [-0.3, -0.25) is 0 Å². The van der Waals surface area contributed by atoms with Crippen LogP contribution in [0.25, 0.3) is 0 Å². The van der Waals surface area contributed by atoms with Crippen LogP contribution in [0.5, 0.6) is 0 Å². The molecule has 1 aromatic heterocycles. The molecule has 0 aromatic carbocycles. The predicted molar refractivity (Wildman–Crippen MR) is 25.7 cm³/mol. The number of thiazole rings is 1. The van der Waals surface area contributed by atoms with Gasteiger partial charge >= 0.3 is 0 Å². The summed E-state index contributed by atoms with van der Waals surface area (Å²) in [4.78, 5) is 3.88. The fourth-order valence-electron chi connectivity index (χ4n) is 0.255. The van der Waals surface area contributed by atoms with E-state index in [9.17, 15) is 0 Å². The van der Waals surface area contributed by atoms with Gasteiger partial charge in [0.15, 0.2) is 0 Å². The molecule has 1 nitrogen and oxygen atoms in total. The van der Waals surface area contributed by atoms with Gasteiger partial charge in [0.2, 0.25) is 0 Å². The first-order valence-corrected chi connectivity index (χ1v) is 2.50. The summed E-state index contributed by atoms with van der Waals surface area (Å²) in [6.07, 6.45) is 1.68. The molecule has 0 unspecified atom stereocenters. The Balaban J connectivity index is 0.000000360. The van der Waals surface area contributed by atoms with Crippen LogP contribution in [0.4, 0.5) is 0 Å². The van der Waals surface area contributed by atoms with Crippen LogP contribution in [0.2, 0.25) is 0 Å². The van der Waals surface area contributed by atoms with Crippen LogP contribution in [-0.4, -0.2) is 4.98 Å². The maximum Gasteiger partial charge on any atom is 0 e. The van der Waals surface area contributed by atoms with E-state index in [-0.39, 0.29) is 20.4 Å². The second-order valence-electron chi connectivity index (χ2n) is 0.997. The minimum atomic E-state index is 0. The first kappa shape index (κ1) is 7.29. The first-order valence-electron chi connectivity index (χ1n) is 1.68. The fraction of sp³-hybridized carbons (Fsp3) is 0.250. The monoisotopic (exact) mass is 285 g/mol. The average Bonchev–Trinajstić information content (AvgIpc) is 1.86. The molecule has 0 aliphatic rings. The second kappa shape index (κ2) is 3.31. The number of aryl methyl sites for hydroxylation is 1. The molecule has 0 fully saturated rings. The molecule has 1 heterocycles. The van der Waals surface area contributed by atoms with Crippen molar-refractivity contribution in [1.29, 1.82) is 0 Å². The van der Waals surface area contributed by atoms with Crippen molar-refractivity contribution in [3.63, 3.8) is 0 Å². The largest absolute Gasteiger partial charge is 0.365 e. The van der Waals surface area contributed by atoms with Gasteiger partial charge in [-0.15, -0.1) is 0 Å². The second-order valence-corrected chi connectivity index (χ2v) is 2.03. The van der Waals surface area contributed by atoms with Crippen LogP contribution in [0.15, 0.2) is 6.20 Å². The standard InChI is InChI=1S/C4H4NS.Re/c1-4-5-2-3-6-4;/h2H,1H3;/q-1;. The zero-order valence-corrected chi connectivity index (χ0v) is 7.34. The Morgan fingerprint density at radius 3 is 2.71 bits per heavy atom. The zero-order chi connectivity index (χ0) is 4.41. The number of nitrogens with zero attached hydrogens (tertiary/aromatic N) is 1. The van der Waals surface area contributed by atoms with Crippen molar-refractivity contribution in [2.24, 2.45) is 0 Å². The van der Waals surface area contributed by atoms with Gasteiger partial charge in [-0.05, 0) is 0 Å². The first-order chi connectivity index (χ1) is 2.89. The Morgan fingerprint density at radius 2 is 2.57 bits per heavy atom. The molecule has 0 saturated carbocycles. The number of hydrogen-bond acceptors (Lipinski definition) is 2. The minimum absolute atomic E-state index is 0. The van der Waals surface area contributed by atoms with Crippen molar-refractivity contribution in [2.45, 2.75) is 6.92 Å². The molecule has 1 radical (unpaired) electrons. The molecule has 0 N–H and O–H groups in total. The van der Waals surface area contributed by atoms with E-state index < -0.39 is 0 Å². The molecular weight excluding hydrogens is 280 g/mol. The Kier molecular flexibility index (Phi) is 3.45. The summed E-state index contributed by atoms with van der Waals surface area (Å²) in [6.45, 7) is 1.96. The summed E-state index contributed by atoms with van der Waals surface area (Å²) in [6, 6.07) is 0. The molecule has 7 heavy (non-hydrogen) atoms. The van der Waals surface area contributed by atoms with Crippen LogP contribution >= 0.6 is 11.3 Å². The van der Waals surface area contributed by atoms with Crippen molar-refractivity contribution in [3.05, 3.63) is 16.6 Å². The summed E-state index contributed by atoms with van der Waals surface area (Å²) >= 11 is 1.54. The summed E-state index contributed by atoms with van der Waals surface area (Å²) in [5.41, 5.74) is 0. The van der Waals surface area contributed by atoms with E-state index in [0.717, 1.165) is 5.01 Å². The van der Waals surface area contributed by atoms with Crippen molar-refractivity contribution in [2.75, 3.05) is 0 Å². The Morgan fingerprint density at radius 1 is 1.86 bits per heavy atom. The van der Waals surface area contributed by atoms with Crippen LogP contribution in [-0.2, 0) is 20.4 Å². The van der Waals surface area contributed by atoms with E-state index >= 15 is 0 Å². The maximum absolute atomic E-state index is 3.88. The Hall–Kier alpha value is 0.292. The Labute approximate surface area is 60.4 Å². The van der Waals surface area contributed by atoms with Crippen LogP contribution in [0.1, 0.15) is 5.01 Å². The summed E-state index contributed by atoms with van der Waals surface area (Å²) < 4.78 is 0. The van der Waals surface area contributed by atoms with Crippen molar-refractivity contribution in [1.82, 2.24) is 4.98 Å². The molecule has 0 bridgehead atoms. The molecule has 3 heteroatoms. The van der Waals surface area contributed by atoms with Gasteiger partial charge in [-0.2, -0.15) is 5.38 Å². The molecule has 0 aliphatic heterocycles. The third-order valence-corrected chi connectivity index (χ3v) is 1.13. The normalized spacial score (nSPS) is 7.57. The van der Waals surface area contributed by atoms with Gasteiger partial charge in [0, 0.05) is 20.4 Å². The average molecular weight is 284 g/mol. The van der Waals surface area contributed by atoms with E-state index in [1.54, 1.807) is 17.5 Å². The molecule has 0 amide bonds. The summed E-state index contributed by atoms with van der Waals surface area (Å²) in [5.74, 6) is 0. The molecule has 0 atom stereocenters. The Bertz CT molecular complexity index is 115. The number of rotatable bonds is 0. The van der Waals surface area contributed by atoms with E-state index in [1.807, 2.05) is 6.92 Å². The summed E-state index contributed by atoms with van der Waals surface area (Å²) in [5, 5.41) is 3.94. The third-order valence-electron chi connectivity index (χ3n) is 0.506. The van der Waals surface area contributed by atoms with Crippen LogP contribution in [0.3, 0.4) is 0 Å². The van der Waals surface area contributed by atoms with Gasteiger partial charge in [0.05, 0.1) is 0 Å². The summed E-state index contributed by atoms with van der Waals surface area (Å²) in [7, 11) is 0. The minimum Gasteiger partial charge on any atom is -0.365 e.